The predicted octanol–water partition coefficient (Wildman–Crippen LogP) is 1.73. The zero-order valence-corrected chi connectivity index (χ0v) is 9.10. The van der Waals surface area contributed by atoms with E-state index >= 15 is 0 Å². The number of anilines is 1. The Bertz CT molecular complexity index is 634. The highest BCUT2D eigenvalue weighted by molar-refractivity contribution is 5.63. The van der Waals surface area contributed by atoms with Gasteiger partial charge in [-0.2, -0.15) is 0 Å². The quantitative estimate of drug-likeness (QED) is 0.767. The van der Waals surface area contributed by atoms with E-state index in [1.54, 1.807) is 6.07 Å². The molecule has 0 aliphatic carbocycles. The van der Waals surface area contributed by atoms with Gasteiger partial charge < -0.3 is 10.7 Å². The number of hydrogen-bond acceptors (Lipinski definition) is 5. The van der Waals surface area contributed by atoms with Crippen LogP contribution < -0.4 is 11.3 Å². The average Bonchev–Trinajstić information content (AvgIpc) is 2.28. The van der Waals surface area contributed by atoms with Gasteiger partial charge in [-0.05, 0) is 18.2 Å². The van der Waals surface area contributed by atoms with Gasteiger partial charge in [0.25, 0.3) is 5.56 Å². The third kappa shape index (κ3) is 2.05. The van der Waals surface area contributed by atoms with Crippen molar-refractivity contribution >= 4 is 11.5 Å². The molecule has 1 aromatic heterocycles. The van der Waals surface area contributed by atoms with Gasteiger partial charge in [0.2, 0.25) is 5.69 Å². The highest BCUT2D eigenvalue weighted by atomic mass is 16.3. The maximum absolute atomic E-state index is 11.5. The van der Waals surface area contributed by atoms with Crippen LogP contribution in [0.5, 0.6) is 0 Å². The smallest absolute Gasteiger partial charge is 0.282 e. The third-order valence-electron chi connectivity index (χ3n) is 2.30. The second kappa shape index (κ2) is 4.17. The molecule has 0 radical (unpaired) electrons. The lowest BCUT2D eigenvalue weighted by Crippen LogP contribution is -2.11. The zero-order valence-electron chi connectivity index (χ0n) is 9.10. The molecule has 6 nitrogen and oxygen atoms in total. The molecule has 17 heavy (non-hydrogen) atoms. The summed E-state index contributed by atoms with van der Waals surface area (Å²) >= 11 is 0. The van der Waals surface area contributed by atoms with Crippen LogP contribution in [0.1, 0.15) is 5.56 Å². The first kappa shape index (κ1) is 11.0. The summed E-state index contributed by atoms with van der Waals surface area (Å²) < 4.78 is 0. The third-order valence-corrected chi connectivity index (χ3v) is 2.30. The Balaban J connectivity index is 2.62. The van der Waals surface area contributed by atoms with Gasteiger partial charge in [0.05, 0.1) is 0 Å². The number of nitrogens with two attached hydrogens (primary N) is 1. The van der Waals surface area contributed by atoms with Crippen molar-refractivity contribution in [3.63, 3.8) is 0 Å². The molecule has 3 N–H and O–H groups in total. The molecule has 2 aromatic rings. The van der Waals surface area contributed by atoms with E-state index < -0.39 is 5.56 Å². The fraction of sp³-hybridized carbons (Fsp3) is 0.0909. The molecule has 0 atom stereocenters. The average molecular weight is 230 g/mol. The standard InChI is InChI=1S/C11H10N4O2/c1-6-3-2-4-7(5-6)10-13-9(12)8(15-17)11(16)14-10/h2-5H,1H3,(H3,12,13,14,16). The number of aromatic amines is 1. The van der Waals surface area contributed by atoms with Crippen LogP contribution in [0.3, 0.4) is 0 Å². The van der Waals surface area contributed by atoms with Gasteiger partial charge in [0.1, 0.15) is 5.82 Å². The summed E-state index contributed by atoms with van der Waals surface area (Å²) in [5.74, 6) is 0.156. The molecule has 0 amide bonds. The van der Waals surface area contributed by atoms with E-state index in [9.17, 15) is 9.70 Å². The number of aromatic nitrogens is 2. The van der Waals surface area contributed by atoms with Gasteiger partial charge >= 0.3 is 0 Å². The van der Waals surface area contributed by atoms with Crippen LogP contribution in [0.4, 0.5) is 11.5 Å². The van der Waals surface area contributed by atoms with Crippen molar-refractivity contribution in [2.45, 2.75) is 6.92 Å². The molecule has 2 rings (SSSR count). The number of aryl methyl sites for hydroxylation is 1. The van der Waals surface area contributed by atoms with E-state index in [1.165, 1.54) is 0 Å². The lowest BCUT2D eigenvalue weighted by atomic mass is 10.1. The minimum absolute atomic E-state index is 0.166. The second-order valence-corrected chi connectivity index (χ2v) is 3.61. The molecule has 0 saturated carbocycles. The molecule has 0 fully saturated rings. The molecule has 0 bridgehead atoms. The number of nitroso groups, excluding NO2 is 1. The van der Waals surface area contributed by atoms with Crippen LogP contribution >= 0.6 is 0 Å². The Labute approximate surface area is 96.5 Å². The fourth-order valence-electron chi connectivity index (χ4n) is 1.50. The number of H-pyrrole nitrogens is 1. The van der Waals surface area contributed by atoms with Gasteiger partial charge in [0, 0.05) is 5.56 Å². The number of rotatable bonds is 2. The Hall–Kier alpha value is -2.50. The number of nitrogens with zero attached hydrogens (tertiary/aromatic N) is 2. The molecule has 1 heterocycles. The summed E-state index contributed by atoms with van der Waals surface area (Å²) in [5.41, 5.74) is 6.22. The number of nitrogens with one attached hydrogen (secondary N) is 1. The van der Waals surface area contributed by atoms with Gasteiger partial charge in [-0.3, -0.25) is 4.79 Å². The van der Waals surface area contributed by atoms with Crippen LogP contribution in [0, 0.1) is 11.8 Å². The first-order chi connectivity index (χ1) is 8.11. The lowest BCUT2D eigenvalue weighted by molar-refractivity contribution is 1.12. The van der Waals surface area contributed by atoms with Gasteiger partial charge in [0.15, 0.2) is 5.82 Å². The Morgan fingerprint density at radius 2 is 2.18 bits per heavy atom. The van der Waals surface area contributed by atoms with Crippen molar-refractivity contribution in [3.05, 3.63) is 45.1 Å². The second-order valence-electron chi connectivity index (χ2n) is 3.61. The zero-order chi connectivity index (χ0) is 12.4. The Kier molecular flexibility index (Phi) is 2.70. The monoisotopic (exact) mass is 230 g/mol. The van der Waals surface area contributed by atoms with E-state index in [2.05, 4.69) is 15.1 Å². The Morgan fingerprint density at radius 1 is 1.41 bits per heavy atom. The lowest BCUT2D eigenvalue weighted by Gasteiger charge is -2.03. The molecule has 0 saturated heterocycles. The molecular weight excluding hydrogens is 220 g/mol. The first-order valence-electron chi connectivity index (χ1n) is 4.92. The van der Waals surface area contributed by atoms with E-state index in [4.69, 9.17) is 5.73 Å². The van der Waals surface area contributed by atoms with Crippen LogP contribution in [0.25, 0.3) is 11.4 Å². The number of hydrogen-bond donors (Lipinski definition) is 2. The Morgan fingerprint density at radius 3 is 2.76 bits per heavy atom. The van der Waals surface area contributed by atoms with E-state index in [-0.39, 0.29) is 11.5 Å². The molecular formula is C11H10N4O2. The molecule has 0 aliphatic rings. The molecule has 6 heteroatoms. The minimum Gasteiger partial charge on any atom is -0.382 e. The number of benzene rings is 1. The number of nitrogen functional groups attached to an aromatic ring is 1. The predicted molar refractivity (Wildman–Crippen MR) is 64.9 cm³/mol. The van der Waals surface area contributed by atoms with E-state index in [0.29, 0.717) is 5.82 Å². The fourth-order valence-corrected chi connectivity index (χ4v) is 1.50. The summed E-state index contributed by atoms with van der Waals surface area (Å²) in [6.07, 6.45) is 0. The maximum Gasteiger partial charge on any atom is 0.282 e. The summed E-state index contributed by atoms with van der Waals surface area (Å²) in [5, 5.41) is 2.54. The van der Waals surface area contributed by atoms with Crippen molar-refractivity contribution in [1.29, 1.82) is 0 Å². The molecule has 0 aliphatic heterocycles. The van der Waals surface area contributed by atoms with Crippen LogP contribution in [0.2, 0.25) is 0 Å². The maximum atomic E-state index is 11.5. The van der Waals surface area contributed by atoms with Gasteiger partial charge in [-0.1, -0.05) is 23.8 Å². The topological polar surface area (TPSA) is 101 Å². The van der Waals surface area contributed by atoms with E-state index in [1.807, 2.05) is 25.1 Å². The first-order valence-corrected chi connectivity index (χ1v) is 4.92. The summed E-state index contributed by atoms with van der Waals surface area (Å²) in [6, 6.07) is 7.41. The van der Waals surface area contributed by atoms with Gasteiger partial charge in [-0.15, -0.1) is 4.91 Å². The highest BCUT2D eigenvalue weighted by Crippen LogP contribution is 2.19. The minimum atomic E-state index is -0.635. The summed E-state index contributed by atoms with van der Waals surface area (Å²) in [7, 11) is 0. The van der Waals surface area contributed by atoms with Crippen molar-refractivity contribution < 1.29 is 0 Å². The van der Waals surface area contributed by atoms with Crippen LogP contribution in [0.15, 0.2) is 34.2 Å². The van der Waals surface area contributed by atoms with Crippen molar-refractivity contribution in [2.75, 3.05) is 5.73 Å². The van der Waals surface area contributed by atoms with Gasteiger partial charge in [-0.25, -0.2) is 4.98 Å². The van der Waals surface area contributed by atoms with Crippen molar-refractivity contribution in [3.8, 4) is 11.4 Å². The highest BCUT2D eigenvalue weighted by Gasteiger charge is 2.10. The normalized spacial score (nSPS) is 10.2. The summed E-state index contributed by atoms with van der Waals surface area (Å²) in [4.78, 5) is 28.3. The van der Waals surface area contributed by atoms with Crippen molar-refractivity contribution in [1.82, 2.24) is 9.97 Å². The summed E-state index contributed by atoms with van der Waals surface area (Å²) in [6.45, 7) is 1.92. The molecule has 86 valence electrons. The molecule has 0 spiro atoms. The molecule has 0 unspecified atom stereocenters. The van der Waals surface area contributed by atoms with Crippen molar-refractivity contribution in [2.24, 2.45) is 5.18 Å². The molecule has 1 aromatic carbocycles. The SMILES string of the molecule is Cc1cccc(-c2nc(N)c(N=O)c(=O)[nH]2)c1. The largest absolute Gasteiger partial charge is 0.382 e. The van der Waals surface area contributed by atoms with E-state index in [0.717, 1.165) is 11.1 Å². The van der Waals surface area contributed by atoms with Crippen LogP contribution in [-0.4, -0.2) is 9.97 Å². The van der Waals surface area contributed by atoms with Crippen LogP contribution in [-0.2, 0) is 0 Å².